The van der Waals surface area contributed by atoms with Crippen molar-refractivity contribution < 1.29 is 4.74 Å². The van der Waals surface area contributed by atoms with Gasteiger partial charge in [-0.25, -0.2) is 0 Å². The van der Waals surface area contributed by atoms with Gasteiger partial charge in [0.1, 0.15) is 12.4 Å². The van der Waals surface area contributed by atoms with Crippen LogP contribution in [0.1, 0.15) is 19.4 Å². The zero-order valence-electron chi connectivity index (χ0n) is 13.6. The van der Waals surface area contributed by atoms with E-state index in [1.165, 1.54) is 16.9 Å². The predicted octanol–water partition coefficient (Wildman–Crippen LogP) is 4.08. The van der Waals surface area contributed by atoms with Crippen molar-refractivity contribution in [2.45, 2.75) is 26.3 Å². The number of para-hydroxylation sites is 2. The summed E-state index contributed by atoms with van der Waals surface area (Å²) in [5, 5.41) is 3.60. The molecule has 1 heterocycles. The van der Waals surface area contributed by atoms with Crippen LogP contribution >= 0.6 is 0 Å². The molecule has 116 valence electrons. The molecule has 0 aliphatic carbocycles. The molecule has 0 atom stereocenters. The molecule has 0 saturated carbocycles. The number of hydrogen-bond acceptors (Lipinski definition) is 3. The highest BCUT2D eigenvalue weighted by Crippen LogP contribution is 2.33. The average molecular weight is 296 g/mol. The second-order valence-electron chi connectivity index (χ2n) is 6.61. The van der Waals surface area contributed by atoms with Crippen LogP contribution < -0.4 is 15.0 Å². The Morgan fingerprint density at radius 2 is 1.95 bits per heavy atom. The maximum atomic E-state index is 5.91. The van der Waals surface area contributed by atoms with Gasteiger partial charge < -0.3 is 15.0 Å². The van der Waals surface area contributed by atoms with E-state index >= 15 is 0 Å². The molecule has 2 aromatic carbocycles. The number of nitrogens with one attached hydrogen (secondary N) is 1. The molecular formula is C19H24N2O. The molecule has 22 heavy (non-hydrogen) atoms. The third-order valence-corrected chi connectivity index (χ3v) is 3.92. The number of fused-ring (bicyclic) bond motifs is 1. The number of rotatable bonds is 4. The first kappa shape index (κ1) is 14.8. The van der Waals surface area contributed by atoms with Gasteiger partial charge >= 0.3 is 0 Å². The molecule has 3 nitrogen and oxygen atoms in total. The number of anilines is 2. The summed E-state index contributed by atoms with van der Waals surface area (Å²) in [6.45, 7) is 9.10. The highest BCUT2D eigenvalue weighted by atomic mass is 16.5. The summed E-state index contributed by atoms with van der Waals surface area (Å²) in [5.74, 6) is 0.947. The fraction of sp³-hybridized carbons (Fsp3) is 0.368. The molecule has 0 bridgehead atoms. The van der Waals surface area contributed by atoms with E-state index < -0.39 is 0 Å². The van der Waals surface area contributed by atoms with Crippen LogP contribution in [0.3, 0.4) is 0 Å². The van der Waals surface area contributed by atoms with Crippen molar-refractivity contribution in [3.05, 3.63) is 54.1 Å². The number of nitrogens with zero attached hydrogens (tertiary/aromatic N) is 1. The quantitative estimate of drug-likeness (QED) is 0.920. The highest BCUT2D eigenvalue weighted by Gasteiger charge is 2.28. The van der Waals surface area contributed by atoms with Crippen molar-refractivity contribution in [3.63, 3.8) is 0 Å². The molecule has 0 spiro atoms. The Bertz CT molecular complexity index is 651. The van der Waals surface area contributed by atoms with Gasteiger partial charge in [0.25, 0.3) is 0 Å². The summed E-state index contributed by atoms with van der Waals surface area (Å²) in [7, 11) is 0. The largest absolute Gasteiger partial charge is 0.492 e. The second-order valence-corrected chi connectivity index (χ2v) is 6.61. The van der Waals surface area contributed by atoms with Gasteiger partial charge in [-0.15, -0.1) is 0 Å². The first-order chi connectivity index (χ1) is 10.5. The van der Waals surface area contributed by atoms with Crippen LogP contribution in [0.4, 0.5) is 11.4 Å². The van der Waals surface area contributed by atoms with Gasteiger partial charge in [0.05, 0.1) is 17.9 Å². The zero-order valence-corrected chi connectivity index (χ0v) is 13.6. The van der Waals surface area contributed by atoms with E-state index in [0.29, 0.717) is 6.61 Å². The minimum atomic E-state index is 0.0672. The van der Waals surface area contributed by atoms with Crippen molar-refractivity contribution in [1.82, 2.24) is 0 Å². The lowest BCUT2D eigenvalue weighted by Gasteiger charge is -2.42. The van der Waals surface area contributed by atoms with Crippen LogP contribution in [0.5, 0.6) is 5.75 Å². The molecule has 0 saturated heterocycles. The number of ether oxygens (including phenoxy) is 1. The average Bonchev–Trinajstić information content (AvgIpc) is 2.46. The lowest BCUT2D eigenvalue weighted by Crippen LogP contribution is -2.49. The van der Waals surface area contributed by atoms with E-state index in [2.05, 4.69) is 67.4 Å². The number of hydrogen-bond donors (Lipinski definition) is 1. The molecule has 3 rings (SSSR count). The molecule has 0 fully saturated rings. The van der Waals surface area contributed by atoms with Crippen LogP contribution in [0.2, 0.25) is 0 Å². The van der Waals surface area contributed by atoms with Crippen molar-refractivity contribution in [1.29, 1.82) is 0 Å². The molecule has 0 amide bonds. The Kier molecular flexibility index (Phi) is 3.97. The fourth-order valence-corrected chi connectivity index (χ4v) is 3.00. The topological polar surface area (TPSA) is 24.5 Å². The Hall–Kier alpha value is -2.16. The lowest BCUT2D eigenvalue weighted by atomic mass is 9.99. The summed E-state index contributed by atoms with van der Waals surface area (Å²) >= 11 is 0. The van der Waals surface area contributed by atoms with Crippen LogP contribution in [-0.4, -0.2) is 25.2 Å². The van der Waals surface area contributed by atoms with Crippen LogP contribution in [0.15, 0.2) is 48.5 Å². The molecule has 1 aliphatic heterocycles. The van der Waals surface area contributed by atoms with Gasteiger partial charge in [0.2, 0.25) is 0 Å². The summed E-state index contributed by atoms with van der Waals surface area (Å²) in [4.78, 5) is 2.40. The standard InChI is InChI=1S/C19H24N2O/c1-15-7-6-8-16(13-15)22-12-11-21-14-19(2,3)20-17-9-4-5-10-18(17)21/h4-10,13,20H,11-12,14H2,1-3H3. The Balaban J connectivity index is 1.67. The van der Waals surface area contributed by atoms with Gasteiger partial charge in [-0.3, -0.25) is 0 Å². The van der Waals surface area contributed by atoms with E-state index in [1.54, 1.807) is 0 Å². The number of aryl methyl sites for hydroxylation is 1. The molecule has 2 aromatic rings. The third kappa shape index (κ3) is 3.35. The highest BCUT2D eigenvalue weighted by molar-refractivity contribution is 5.73. The van der Waals surface area contributed by atoms with E-state index in [-0.39, 0.29) is 5.54 Å². The summed E-state index contributed by atoms with van der Waals surface area (Å²) in [6.07, 6.45) is 0. The molecule has 1 aliphatic rings. The first-order valence-corrected chi connectivity index (χ1v) is 7.85. The molecule has 1 N–H and O–H groups in total. The van der Waals surface area contributed by atoms with Crippen molar-refractivity contribution in [3.8, 4) is 5.75 Å². The molecule has 0 unspecified atom stereocenters. The van der Waals surface area contributed by atoms with E-state index in [4.69, 9.17) is 4.74 Å². The SMILES string of the molecule is Cc1cccc(OCCN2CC(C)(C)Nc3ccccc32)c1. The van der Waals surface area contributed by atoms with Gasteiger partial charge in [-0.05, 0) is 50.6 Å². The van der Waals surface area contributed by atoms with Crippen molar-refractivity contribution in [2.24, 2.45) is 0 Å². The summed E-state index contributed by atoms with van der Waals surface area (Å²) < 4.78 is 5.91. The molecule has 3 heteroatoms. The Labute approximate surface area is 132 Å². The lowest BCUT2D eigenvalue weighted by molar-refractivity contribution is 0.320. The van der Waals surface area contributed by atoms with Gasteiger partial charge in [-0.1, -0.05) is 24.3 Å². The smallest absolute Gasteiger partial charge is 0.119 e. The van der Waals surface area contributed by atoms with Crippen LogP contribution in [0, 0.1) is 6.92 Å². The Morgan fingerprint density at radius 1 is 1.14 bits per heavy atom. The van der Waals surface area contributed by atoms with Crippen molar-refractivity contribution in [2.75, 3.05) is 29.9 Å². The molecular weight excluding hydrogens is 272 g/mol. The van der Waals surface area contributed by atoms with Crippen molar-refractivity contribution >= 4 is 11.4 Å². The van der Waals surface area contributed by atoms with Gasteiger partial charge in [0.15, 0.2) is 0 Å². The Morgan fingerprint density at radius 3 is 2.77 bits per heavy atom. The third-order valence-electron chi connectivity index (χ3n) is 3.92. The minimum absolute atomic E-state index is 0.0672. The predicted molar refractivity (Wildman–Crippen MR) is 93.0 cm³/mol. The minimum Gasteiger partial charge on any atom is -0.492 e. The monoisotopic (exact) mass is 296 g/mol. The van der Waals surface area contributed by atoms with Gasteiger partial charge in [-0.2, -0.15) is 0 Å². The van der Waals surface area contributed by atoms with E-state index in [1.807, 2.05) is 12.1 Å². The second kappa shape index (κ2) is 5.91. The molecule has 0 aromatic heterocycles. The number of benzene rings is 2. The van der Waals surface area contributed by atoms with Crippen LogP contribution in [0.25, 0.3) is 0 Å². The van der Waals surface area contributed by atoms with Gasteiger partial charge in [0, 0.05) is 12.1 Å². The summed E-state index contributed by atoms with van der Waals surface area (Å²) in [6, 6.07) is 16.7. The fourth-order valence-electron chi connectivity index (χ4n) is 3.00. The molecule has 0 radical (unpaired) electrons. The normalized spacial score (nSPS) is 15.9. The van der Waals surface area contributed by atoms with E-state index in [9.17, 15) is 0 Å². The van der Waals surface area contributed by atoms with E-state index in [0.717, 1.165) is 18.8 Å². The van der Waals surface area contributed by atoms with Crippen LogP contribution in [-0.2, 0) is 0 Å². The maximum Gasteiger partial charge on any atom is 0.119 e. The first-order valence-electron chi connectivity index (χ1n) is 7.85. The summed E-state index contributed by atoms with van der Waals surface area (Å²) in [5.41, 5.74) is 3.76. The zero-order chi connectivity index (χ0) is 15.6. The maximum absolute atomic E-state index is 5.91.